The molecule has 4 nitrogen and oxygen atoms in total. The number of hydrogen-bond donors (Lipinski definition) is 0. The second-order valence-corrected chi connectivity index (χ2v) is 5.64. The Hall–Kier alpha value is -3.14. The third kappa shape index (κ3) is 4.23. The zero-order valence-electron chi connectivity index (χ0n) is 14.1. The van der Waals surface area contributed by atoms with E-state index in [1.165, 1.54) is 0 Å². The summed E-state index contributed by atoms with van der Waals surface area (Å²) in [5.41, 5.74) is 1.92. The number of anilines is 1. The Balaban J connectivity index is 1.87. The SMILES string of the molecule is COc1ccccc1CC(=O)N(Cc1ccccc1)c1ccccn1. The molecule has 126 valence electrons. The molecule has 0 saturated carbocycles. The Morgan fingerprint density at radius 2 is 1.68 bits per heavy atom. The molecule has 1 amide bonds. The van der Waals surface area contributed by atoms with E-state index in [4.69, 9.17) is 4.74 Å². The molecule has 25 heavy (non-hydrogen) atoms. The number of ether oxygens (including phenoxy) is 1. The zero-order chi connectivity index (χ0) is 17.5. The minimum Gasteiger partial charge on any atom is -0.496 e. The summed E-state index contributed by atoms with van der Waals surface area (Å²) in [5.74, 6) is 1.34. The molecule has 1 aromatic heterocycles. The Morgan fingerprint density at radius 3 is 2.40 bits per heavy atom. The fourth-order valence-electron chi connectivity index (χ4n) is 2.68. The van der Waals surface area contributed by atoms with E-state index in [0.29, 0.717) is 12.4 Å². The second-order valence-electron chi connectivity index (χ2n) is 5.64. The highest BCUT2D eigenvalue weighted by Gasteiger charge is 2.19. The average molecular weight is 332 g/mol. The van der Waals surface area contributed by atoms with Crippen LogP contribution in [0.25, 0.3) is 0 Å². The predicted molar refractivity (Wildman–Crippen MR) is 98.6 cm³/mol. The molecule has 3 aromatic rings. The Kier molecular flexibility index (Phi) is 5.42. The van der Waals surface area contributed by atoms with Crippen molar-refractivity contribution in [3.8, 4) is 5.75 Å². The molecular formula is C21H20N2O2. The van der Waals surface area contributed by atoms with Crippen LogP contribution >= 0.6 is 0 Å². The lowest BCUT2D eigenvalue weighted by molar-refractivity contribution is -0.118. The van der Waals surface area contributed by atoms with E-state index < -0.39 is 0 Å². The number of para-hydroxylation sites is 1. The summed E-state index contributed by atoms with van der Waals surface area (Å²) in [6, 6.07) is 23.1. The van der Waals surface area contributed by atoms with Crippen molar-refractivity contribution in [3.05, 3.63) is 90.1 Å². The van der Waals surface area contributed by atoms with Crippen molar-refractivity contribution >= 4 is 11.7 Å². The van der Waals surface area contributed by atoms with E-state index >= 15 is 0 Å². The van der Waals surface area contributed by atoms with Crippen LogP contribution in [-0.4, -0.2) is 18.0 Å². The van der Waals surface area contributed by atoms with Crippen molar-refractivity contribution in [2.45, 2.75) is 13.0 Å². The van der Waals surface area contributed by atoms with Gasteiger partial charge in [-0.1, -0.05) is 54.6 Å². The normalized spacial score (nSPS) is 10.3. The van der Waals surface area contributed by atoms with Gasteiger partial charge in [-0.05, 0) is 23.8 Å². The van der Waals surface area contributed by atoms with Crippen molar-refractivity contribution in [1.82, 2.24) is 4.98 Å². The summed E-state index contributed by atoms with van der Waals surface area (Å²) in [4.78, 5) is 19.1. The molecule has 0 aliphatic rings. The van der Waals surface area contributed by atoms with E-state index in [-0.39, 0.29) is 12.3 Å². The number of hydrogen-bond acceptors (Lipinski definition) is 3. The second kappa shape index (κ2) is 8.11. The molecular weight excluding hydrogens is 312 g/mol. The number of aromatic nitrogens is 1. The lowest BCUT2D eigenvalue weighted by atomic mass is 10.1. The van der Waals surface area contributed by atoms with Gasteiger partial charge in [-0.3, -0.25) is 9.69 Å². The monoisotopic (exact) mass is 332 g/mol. The predicted octanol–water partition coefficient (Wildman–Crippen LogP) is 3.87. The quantitative estimate of drug-likeness (QED) is 0.688. The van der Waals surface area contributed by atoms with E-state index in [2.05, 4.69) is 4.98 Å². The van der Waals surface area contributed by atoms with Crippen molar-refractivity contribution < 1.29 is 9.53 Å². The summed E-state index contributed by atoms with van der Waals surface area (Å²) in [5, 5.41) is 0. The van der Waals surface area contributed by atoms with E-state index in [0.717, 1.165) is 16.9 Å². The number of pyridine rings is 1. The van der Waals surface area contributed by atoms with Gasteiger partial charge in [0.25, 0.3) is 0 Å². The average Bonchev–Trinajstić information content (AvgIpc) is 2.68. The van der Waals surface area contributed by atoms with Crippen LogP contribution < -0.4 is 9.64 Å². The van der Waals surface area contributed by atoms with Gasteiger partial charge in [-0.25, -0.2) is 4.98 Å². The maximum atomic E-state index is 13.0. The van der Waals surface area contributed by atoms with Gasteiger partial charge in [-0.2, -0.15) is 0 Å². The van der Waals surface area contributed by atoms with Crippen molar-refractivity contribution in [3.63, 3.8) is 0 Å². The van der Waals surface area contributed by atoms with Crippen molar-refractivity contribution in [2.75, 3.05) is 12.0 Å². The molecule has 1 heterocycles. The smallest absolute Gasteiger partial charge is 0.233 e. The minimum absolute atomic E-state index is 0.0212. The highest BCUT2D eigenvalue weighted by molar-refractivity contribution is 5.94. The van der Waals surface area contributed by atoms with Crippen LogP contribution in [0.15, 0.2) is 79.0 Å². The number of nitrogens with zero attached hydrogens (tertiary/aromatic N) is 2. The van der Waals surface area contributed by atoms with Gasteiger partial charge in [0, 0.05) is 11.8 Å². The fraction of sp³-hybridized carbons (Fsp3) is 0.143. The van der Waals surface area contributed by atoms with E-state index in [1.807, 2.05) is 72.8 Å². The topological polar surface area (TPSA) is 42.4 Å². The molecule has 2 aromatic carbocycles. The molecule has 0 unspecified atom stereocenters. The number of carbonyl (C=O) groups excluding carboxylic acids is 1. The standard InChI is InChI=1S/C21H20N2O2/c1-25-19-12-6-5-11-18(19)15-21(24)23(20-13-7-8-14-22-20)16-17-9-3-2-4-10-17/h2-14H,15-16H2,1H3. The first kappa shape index (κ1) is 16.7. The first-order chi connectivity index (χ1) is 12.3. The first-order valence-corrected chi connectivity index (χ1v) is 8.15. The van der Waals surface area contributed by atoms with Crippen molar-refractivity contribution in [2.24, 2.45) is 0 Å². The molecule has 0 aliphatic carbocycles. The minimum atomic E-state index is -0.0212. The summed E-state index contributed by atoms with van der Waals surface area (Å²) in [7, 11) is 1.61. The van der Waals surface area contributed by atoms with Crippen LogP contribution in [0.1, 0.15) is 11.1 Å². The van der Waals surface area contributed by atoms with Gasteiger partial charge >= 0.3 is 0 Å². The van der Waals surface area contributed by atoms with Gasteiger partial charge in [0.15, 0.2) is 0 Å². The fourth-order valence-corrected chi connectivity index (χ4v) is 2.68. The van der Waals surface area contributed by atoms with Crippen LogP contribution in [0.5, 0.6) is 5.75 Å². The van der Waals surface area contributed by atoms with Crippen LogP contribution in [0.3, 0.4) is 0 Å². The highest BCUT2D eigenvalue weighted by atomic mass is 16.5. The zero-order valence-corrected chi connectivity index (χ0v) is 14.1. The lowest BCUT2D eigenvalue weighted by Gasteiger charge is -2.22. The van der Waals surface area contributed by atoms with Gasteiger partial charge < -0.3 is 4.74 Å². The molecule has 0 aliphatic heterocycles. The Bertz CT molecular complexity index is 820. The summed E-state index contributed by atoms with van der Waals surface area (Å²) in [6.07, 6.45) is 1.96. The summed E-state index contributed by atoms with van der Waals surface area (Å²) < 4.78 is 5.36. The first-order valence-electron chi connectivity index (χ1n) is 8.15. The van der Waals surface area contributed by atoms with Crippen LogP contribution in [0, 0.1) is 0 Å². The molecule has 0 bridgehead atoms. The summed E-state index contributed by atoms with van der Waals surface area (Å²) >= 11 is 0. The molecule has 4 heteroatoms. The largest absolute Gasteiger partial charge is 0.496 e. The van der Waals surface area contributed by atoms with Gasteiger partial charge in [0.1, 0.15) is 11.6 Å². The molecule has 0 atom stereocenters. The van der Waals surface area contributed by atoms with Gasteiger partial charge in [0.2, 0.25) is 5.91 Å². The molecule has 0 radical (unpaired) electrons. The number of rotatable bonds is 6. The Morgan fingerprint density at radius 1 is 0.960 bits per heavy atom. The van der Waals surface area contributed by atoms with Gasteiger partial charge in [-0.15, -0.1) is 0 Å². The number of amides is 1. The third-order valence-corrected chi connectivity index (χ3v) is 3.94. The van der Waals surface area contributed by atoms with Gasteiger partial charge in [0.05, 0.1) is 20.1 Å². The molecule has 0 saturated heterocycles. The Labute approximate surface area is 147 Å². The van der Waals surface area contributed by atoms with E-state index in [9.17, 15) is 4.79 Å². The van der Waals surface area contributed by atoms with Crippen molar-refractivity contribution in [1.29, 1.82) is 0 Å². The maximum Gasteiger partial charge on any atom is 0.233 e. The van der Waals surface area contributed by atoms with E-state index in [1.54, 1.807) is 18.2 Å². The van der Waals surface area contributed by atoms with Crippen LogP contribution in [0.2, 0.25) is 0 Å². The maximum absolute atomic E-state index is 13.0. The van der Waals surface area contributed by atoms with Crippen LogP contribution in [0.4, 0.5) is 5.82 Å². The molecule has 0 fully saturated rings. The highest BCUT2D eigenvalue weighted by Crippen LogP contribution is 2.21. The summed E-state index contributed by atoms with van der Waals surface area (Å²) in [6.45, 7) is 0.478. The third-order valence-electron chi connectivity index (χ3n) is 3.94. The number of benzene rings is 2. The van der Waals surface area contributed by atoms with Crippen LogP contribution in [-0.2, 0) is 17.8 Å². The molecule has 0 spiro atoms. The number of methoxy groups -OCH3 is 1. The number of carbonyl (C=O) groups is 1. The molecule has 0 N–H and O–H groups in total. The molecule has 3 rings (SSSR count). The lowest BCUT2D eigenvalue weighted by Crippen LogP contribution is -2.32.